The van der Waals surface area contributed by atoms with Crippen molar-refractivity contribution >= 4 is 11.9 Å². The molecule has 2 aromatic rings. The van der Waals surface area contributed by atoms with Crippen molar-refractivity contribution in [2.24, 2.45) is 4.99 Å². The summed E-state index contributed by atoms with van der Waals surface area (Å²) in [5.74, 6) is 0.554. The van der Waals surface area contributed by atoms with E-state index >= 15 is 0 Å². The van der Waals surface area contributed by atoms with Crippen molar-refractivity contribution in [3.63, 3.8) is 0 Å². The van der Waals surface area contributed by atoms with E-state index < -0.39 is 5.60 Å². The topological polar surface area (TPSA) is 85.8 Å². The molecule has 1 atom stereocenters. The highest BCUT2D eigenvalue weighted by Crippen LogP contribution is 2.20. The predicted molar refractivity (Wildman–Crippen MR) is 113 cm³/mol. The fraction of sp³-hybridized carbons (Fsp3) is 0.364. The van der Waals surface area contributed by atoms with Crippen molar-refractivity contribution in [2.75, 3.05) is 19.6 Å². The van der Waals surface area contributed by atoms with E-state index in [-0.39, 0.29) is 12.5 Å². The minimum Gasteiger partial charge on any atom is -0.384 e. The van der Waals surface area contributed by atoms with Gasteiger partial charge in [-0.25, -0.2) is 4.99 Å². The summed E-state index contributed by atoms with van der Waals surface area (Å²) in [5, 5.41) is 19.8. The Labute approximate surface area is 167 Å². The van der Waals surface area contributed by atoms with Gasteiger partial charge in [-0.3, -0.25) is 4.79 Å². The van der Waals surface area contributed by atoms with E-state index in [9.17, 15) is 9.90 Å². The molecule has 4 N–H and O–H groups in total. The number of hydrogen-bond donors (Lipinski definition) is 4. The molecule has 0 aliphatic carbocycles. The molecule has 150 valence electrons. The van der Waals surface area contributed by atoms with Crippen LogP contribution in [0, 0.1) is 0 Å². The van der Waals surface area contributed by atoms with Crippen LogP contribution in [0.3, 0.4) is 0 Å². The van der Waals surface area contributed by atoms with Crippen LogP contribution in [0.25, 0.3) is 0 Å². The van der Waals surface area contributed by atoms with E-state index in [2.05, 4.69) is 20.9 Å². The largest absolute Gasteiger partial charge is 0.384 e. The Kier molecular flexibility index (Phi) is 8.49. The maximum Gasteiger partial charge on any atom is 0.222 e. The summed E-state index contributed by atoms with van der Waals surface area (Å²) in [6.07, 6.45) is 0.340. The van der Waals surface area contributed by atoms with E-state index in [4.69, 9.17) is 0 Å². The van der Waals surface area contributed by atoms with Gasteiger partial charge in [0.2, 0.25) is 5.91 Å². The van der Waals surface area contributed by atoms with Crippen LogP contribution in [0.2, 0.25) is 0 Å². The van der Waals surface area contributed by atoms with Crippen molar-refractivity contribution in [2.45, 2.75) is 32.4 Å². The zero-order valence-corrected chi connectivity index (χ0v) is 16.6. The zero-order chi connectivity index (χ0) is 20.2. The van der Waals surface area contributed by atoms with Crippen LogP contribution < -0.4 is 16.0 Å². The molecular formula is C22H30N4O2. The number of guanidine groups is 1. The number of rotatable bonds is 9. The summed E-state index contributed by atoms with van der Waals surface area (Å²) in [6.45, 7) is 5.60. The van der Waals surface area contributed by atoms with Gasteiger partial charge in [-0.1, -0.05) is 60.7 Å². The lowest BCUT2D eigenvalue weighted by Crippen LogP contribution is -2.40. The lowest BCUT2D eigenvalue weighted by molar-refractivity contribution is -0.121. The van der Waals surface area contributed by atoms with Gasteiger partial charge in [-0.2, -0.15) is 0 Å². The molecule has 0 fully saturated rings. The molecule has 1 unspecified atom stereocenters. The van der Waals surface area contributed by atoms with Gasteiger partial charge >= 0.3 is 0 Å². The van der Waals surface area contributed by atoms with Gasteiger partial charge in [0.05, 0.1) is 6.54 Å². The number of aliphatic imine (C=N–C) groups is 1. The van der Waals surface area contributed by atoms with E-state index in [1.807, 2.05) is 67.6 Å². The van der Waals surface area contributed by atoms with Crippen molar-refractivity contribution in [1.82, 2.24) is 16.0 Å². The van der Waals surface area contributed by atoms with Crippen LogP contribution >= 0.6 is 0 Å². The normalized spacial score (nSPS) is 13.5. The molecule has 6 heteroatoms. The first-order valence-electron chi connectivity index (χ1n) is 9.62. The molecule has 0 spiro atoms. The third-order valence-corrected chi connectivity index (χ3v) is 4.26. The SMILES string of the molecule is CCNC(=NCC(C)(O)c1ccccc1)NCCC(=O)NCc1ccccc1. The summed E-state index contributed by atoms with van der Waals surface area (Å²) in [7, 11) is 0. The van der Waals surface area contributed by atoms with Gasteiger partial charge in [0.15, 0.2) is 5.96 Å². The van der Waals surface area contributed by atoms with Gasteiger partial charge < -0.3 is 21.1 Å². The monoisotopic (exact) mass is 382 g/mol. The van der Waals surface area contributed by atoms with Crippen molar-refractivity contribution in [3.05, 3.63) is 71.8 Å². The fourth-order valence-corrected chi connectivity index (χ4v) is 2.64. The predicted octanol–water partition coefficient (Wildman–Crippen LogP) is 2.16. The summed E-state index contributed by atoms with van der Waals surface area (Å²) in [6, 6.07) is 19.3. The maximum atomic E-state index is 12.0. The highest BCUT2D eigenvalue weighted by molar-refractivity contribution is 5.81. The quantitative estimate of drug-likeness (QED) is 0.395. The molecule has 0 bridgehead atoms. The van der Waals surface area contributed by atoms with Crippen LogP contribution in [-0.2, 0) is 16.9 Å². The smallest absolute Gasteiger partial charge is 0.222 e. The average molecular weight is 383 g/mol. The summed E-state index contributed by atoms with van der Waals surface area (Å²) < 4.78 is 0. The van der Waals surface area contributed by atoms with E-state index in [1.165, 1.54) is 0 Å². The first kappa shape index (κ1) is 21.4. The lowest BCUT2D eigenvalue weighted by Gasteiger charge is -2.22. The van der Waals surface area contributed by atoms with Crippen LogP contribution in [0.15, 0.2) is 65.7 Å². The number of nitrogens with one attached hydrogen (secondary N) is 3. The second-order valence-electron chi connectivity index (χ2n) is 6.77. The Bertz CT molecular complexity index is 746. The van der Waals surface area contributed by atoms with Gasteiger partial charge in [0.25, 0.3) is 0 Å². The number of benzene rings is 2. The van der Waals surface area contributed by atoms with E-state index in [1.54, 1.807) is 6.92 Å². The molecule has 6 nitrogen and oxygen atoms in total. The number of hydrogen-bond acceptors (Lipinski definition) is 3. The standard InChI is InChI=1S/C22H30N4O2/c1-3-23-21(26-17-22(2,28)19-12-8-5-9-13-19)24-15-14-20(27)25-16-18-10-6-4-7-11-18/h4-13,28H,3,14-17H2,1-2H3,(H,25,27)(H2,23,24,26). The Hall–Kier alpha value is -2.86. The van der Waals surface area contributed by atoms with Gasteiger partial charge in [0.1, 0.15) is 5.60 Å². The van der Waals surface area contributed by atoms with Crippen molar-refractivity contribution < 1.29 is 9.90 Å². The lowest BCUT2D eigenvalue weighted by atomic mass is 9.96. The van der Waals surface area contributed by atoms with Crippen molar-refractivity contribution in [1.29, 1.82) is 0 Å². The molecule has 0 aliphatic heterocycles. The second kappa shape index (κ2) is 11.1. The maximum absolute atomic E-state index is 12.0. The minimum absolute atomic E-state index is 0.0246. The van der Waals surface area contributed by atoms with Crippen LogP contribution in [0.5, 0.6) is 0 Å². The van der Waals surface area contributed by atoms with Gasteiger partial charge in [0, 0.05) is 26.1 Å². The zero-order valence-electron chi connectivity index (χ0n) is 16.6. The Morgan fingerprint density at radius 2 is 1.64 bits per heavy atom. The first-order valence-corrected chi connectivity index (χ1v) is 9.62. The van der Waals surface area contributed by atoms with E-state index in [0.717, 1.165) is 11.1 Å². The third kappa shape index (κ3) is 7.40. The molecule has 0 heterocycles. The molecule has 28 heavy (non-hydrogen) atoms. The molecular weight excluding hydrogens is 352 g/mol. The molecule has 2 rings (SSSR count). The summed E-state index contributed by atoms with van der Waals surface area (Å²) in [5.41, 5.74) is 0.827. The Balaban J connectivity index is 1.80. The summed E-state index contributed by atoms with van der Waals surface area (Å²) in [4.78, 5) is 16.5. The molecule has 0 saturated carbocycles. The number of aliphatic hydroxyl groups is 1. The highest BCUT2D eigenvalue weighted by Gasteiger charge is 2.22. The molecule has 2 aromatic carbocycles. The summed E-state index contributed by atoms with van der Waals surface area (Å²) >= 11 is 0. The molecule has 1 amide bonds. The molecule has 0 aliphatic rings. The average Bonchev–Trinajstić information content (AvgIpc) is 2.72. The van der Waals surface area contributed by atoms with Crippen LogP contribution in [0.4, 0.5) is 0 Å². The number of carbonyl (C=O) groups excluding carboxylic acids is 1. The second-order valence-corrected chi connectivity index (χ2v) is 6.77. The van der Waals surface area contributed by atoms with Gasteiger partial charge in [-0.05, 0) is 25.0 Å². The third-order valence-electron chi connectivity index (χ3n) is 4.26. The molecule has 0 saturated heterocycles. The number of carbonyl (C=O) groups is 1. The van der Waals surface area contributed by atoms with Gasteiger partial charge in [-0.15, -0.1) is 0 Å². The first-order chi connectivity index (χ1) is 13.5. The fourth-order valence-electron chi connectivity index (χ4n) is 2.64. The molecule has 0 aromatic heterocycles. The minimum atomic E-state index is -1.06. The molecule has 0 radical (unpaired) electrons. The highest BCUT2D eigenvalue weighted by atomic mass is 16.3. The number of nitrogens with zero attached hydrogens (tertiary/aromatic N) is 1. The van der Waals surface area contributed by atoms with Crippen molar-refractivity contribution in [3.8, 4) is 0 Å². The van der Waals surface area contributed by atoms with E-state index in [0.29, 0.717) is 32.0 Å². The van der Waals surface area contributed by atoms with Crippen LogP contribution in [0.1, 0.15) is 31.4 Å². The number of amides is 1. The Morgan fingerprint density at radius 3 is 2.29 bits per heavy atom. The van der Waals surface area contributed by atoms with Crippen LogP contribution in [-0.4, -0.2) is 36.6 Å². The Morgan fingerprint density at radius 1 is 1.00 bits per heavy atom.